The lowest BCUT2D eigenvalue weighted by atomic mass is 9.90. The smallest absolute Gasteiger partial charge is 0.186 e. The predicted molar refractivity (Wildman–Crippen MR) is 102 cm³/mol. The molecule has 4 N–H and O–H groups in total. The first-order valence-electron chi connectivity index (χ1n) is 8.86. The minimum absolute atomic E-state index is 0.215. The molecule has 0 spiro atoms. The Morgan fingerprint density at radius 1 is 0.818 bits per heavy atom. The summed E-state index contributed by atoms with van der Waals surface area (Å²) in [4.78, 5) is 0. The Labute approximate surface area is 140 Å². The van der Waals surface area contributed by atoms with Crippen LogP contribution < -0.4 is 11.5 Å². The zero-order valence-corrected chi connectivity index (χ0v) is 17.8. The van der Waals surface area contributed by atoms with Gasteiger partial charge in [0.2, 0.25) is 0 Å². The molecule has 0 rings (SSSR count). The van der Waals surface area contributed by atoms with E-state index in [0.29, 0.717) is 6.54 Å². The van der Waals surface area contributed by atoms with E-state index in [2.05, 4.69) is 40.0 Å². The summed E-state index contributed by atoms with van der Waals surface area (Å²) in [6.07, 6.45) is 4.26. The molecule has 0 atom stereocenters. The highest BCUT2D eigenvalue weighted by molar-refractivity contribution is 6.71. The van der Waals surface area contributed by atoms with E-state index in [0.717, 1.165) is 38.9 Å². The lowest BCUT2D eigenvalue weighted by Crippen LogP contribution is -2.47. The van der Waals surface area contributed by atoms with Crippen molar-refractivity contribution in [2.75, 3.05) is 19.8 Å². The predicted octanol–water partition coefficient (Wildman–Crippen LogP) is 3.69. The fourth-order valence-corrected chi connectivity index (χ4v) is 6.90. The highest BCUT2D eigenvalue weighted by Gasteiger charge is 2.28. The van der Waals surface area contributed by atoms with Gasteiger partial charge in [0.1, 0.15) is 0 Å². The zero-order chi connectivity index (χ0) is 17.3. The van der Waals surface area contributed by atoms with Gasteiger partial charge in [0.05, 0.1) is 0 Å². The van der Waals surface area contributed by atoms with Crippen molar-refractivity contribution >= 4 is 16.6 Å². The quantitative estimate of drug-likeness (QED) is 0.498. The Morgan fingerprint density at radius 3 is 1.45 bits per heavy atom. The molecule has 0 aliphatic heterocycles. The topological polar surface area (TPSA) is 70.5 Å². The second-order valence-corrected chi connectivity index (χ2v) is 16.3. The first-order chi connectivity index (χ1) is 10.1. The first kappa shape index (κ1) is 22.3. The van der Waals surface area contributed by atoms with Gasteiger partial charge in [-0.1, -0.05) is 12.8 Å². The van der Waals surface area contributed by atoms with Gasteiger partial charge in [-0.05, 0) is 65.0 Å². The maximum Gasteiger partial charge on any atom is 0.186 e. The Morgan fingerprint density at radius 2 is 1.18 bits per heavy atom. The van der Waals surface area contributed by atoms with Crippen molar-refractivity contribution in [3.8, 4) is 0 Å². The van der Waals surface area contributed by atoms with Crippen LogP contribution in [0, 0.1) is 0 Å². The van der Waals surface area contributed by atoms with Crippen LogP contribution in [0.4, 0.5) is 0 Å². The molecule has 0 aliphatic rings. The lowest BCUT2D eigenvalue weighted by Gasteiger charge is -2.31. The fraction of sp³-hybridized carbons (Fsp3) is 1.00. The molecule has 22 heavy (non-hydrogen) atoms. The van der Waals surface area contributed by atoms with Crippen LogP contribution in [0.25, 0.3) is 0 Å². The van der Waals surface area contributed by atoms with E-state index in [1.165, 1.54) is 12.1 Å². The first-order valence-corrected chi connectivity index (χ1v) is 15.1. The van der Waals surface area contributed by atoms with Gasteiger partial charge in [-0.15, -0.1) is 0 Å². The van der Waals surface area contributed by atoms with E-state index >= 15 is 0 Å². The number of hydrogen-bond donors (Lipinski definition) is 2. The van der Waals surface area contributed by atoms with E-state index in [1.54, 1.807) is 0 Å². The van der Waals surface area contributed by atoms with Crippen LogP contribution in [0.2, 0.25) is 38.3 Å². The van der Waals surface area contributed by atoms with Crippen LogP contribution in [-0.4, -0.2) is 41.9 Å². The molecule has 6 heteroatoms. The molecule has 4 nitrogen and oxygen atoms in total. The summed E-state index contributed by atoms with van der Waals surface area (Å²) in [5.74, 6) is 0. The molecule has 0 aliphatic carbocycles. The average molecular weight is 349 g/mol. The van der Waals surface area contributed by atoms with Gasteiger partial charge < -0.3 is 20.3 Å². The highest BCUT2D eigenvalue weighted by atomic mass is 28.4. The molecular weight excluding hydrogens is 308 g/mol. The minimum atomic E-state index is -1.50. The normalized spacial score (nSPS) is 13.6. The Kier molecular flexibility index (Phi) is 10.3. The van der Waals surface area contributed by atoms with E-state index in [4.69, 9.17) is 20.3 Å². The molecule has 0 unspecified atom stereocenters. The van der Waals surface area contributed by atoms with Crippen LogP contribution in [-0.2, 0) is 8.85 Å². The van der Waals surface area contributed by atoms with Gasteiger partial charge in [0.15, 0.2) is 16.6 Å². The molecule has 0 saturated carbocycles. The molecule has 0 saturated heterocycles. The van der Waals surface area contributed by atoms with Crippen molar-refractivity contribution in [1.29, 1.82) is 0 Å². The molecular formula is C16H40N2O2Si2. The molecule has 0 aromatic rings. The summed E-state index contributed by atoms with van der Waals surface area (Å²) in [6, 6.07) is 2.33. The van der Waals surface area contributed by atoms with E-state index in [1.807, 2.05) is 0 Å². The average Bonchev–Trinajstić information content (AvgIpc) is 2.38. The van der Waals surface area contributed by atoms with Crippen LogP contribution in [0.1, 0.15) is 39.5 Å². The largest absolute Gasteiger partial charge is 0.418 e. The van der Waals surface area contributed by atoms with Crippen molar-refractivity contribution in [2.24, 2.45) is 11.5 Å². The lowest BCUT2D eigenvalue weighted by molar-refractivity contribution is 0.316. The van der Waals surface area contributed by atoms with Crippen LogP contribution in [0.3, 0.4) is 0 Å². The summed E-state index contributed by atoms with van der Waals surface area (Å²) in [5.41, 5.74) is 12.3. The van der Waals surface area contributed by atoms with E-state index < -0.39 is 16.6 Å². The molecule has 0 fully saturated rings. The maximum absolute atomic E-state index is 6.53. The fourth-order valence-electron chi connectivity index (χ4n) is 2.99. The van der Waals surface area contributed by atoms with Gasteiger partial charge in [-0.25, -0.2) is 0 Å². The summed E-state index contributed by atoms with van der Waals surface area (Å²) in [7, 11) is -2.99. The second kappa shape index (κ2) is 10.2. The van der Waals surface area contributed by atoms with Crippen molar-refractivity contribution in [3.05, 3.63) is 0 Å². The molecule has 0 radical (unpaired) electrons. The third-order valence-electron chi connectivity index (χ3n) is 4.38. The SMILES string of the molecule is CCO[Si](C)(C)CCCC(N)(CN)CCC[Si](C)(C)OCC. The second-order valence-electron chi connectivity index (χ2n) is 7.66. The summed E-state index contributed by atoms with van der Waals surface area (Å²) < 4.78 is 11.8. The van der Waals surface area contributed by atoms with Gasteiger partial charge in [-0.2, -0.15) is 0 Å². The van der Waals surface area contributed by atoms with Crippen molar-refractivity contribution in [2.45, 2.75) is 83.3 Å². The number of nitrogens with two attached hydrogens (primary N) is 2. The molecule has 0 heterocycles. The standard InChI is InChI=1S/C16H40N2O2Si2/c1-7-19-21(3,4)13-9-11-16(18,15-17)12-10-14-22(5,6)20-8-2/h7-15,17-18H2,1-6H3. The number of rotatable bonds is 13. The van der Waals surface area contributed by atoms with Gasteiger partial charge in [0, 0.05) is 25.3 Å². The van der Waals surface area contributed by atoms with Crippen molar-refractivity contribution < 1.29 is 8.85 Å². The maximum atomic E-state index is 6.53. The highest BCUT2D eigenvalue weighted by Crippen LogP contribution is 2.24. The van der Waals surface area contributed by atoms with Gasteiger partial charge >= 0.3 is 0 Å². The Hall–Kier alpha value is 0.274. The van der Waals surface area contributed by atoms with E-state index in [9.17, 15) is 0 Å². The molecule has 0 bridgehead atoms. The Balaban J connectivity index is 4.19. The molecule has 0 aromatic heterocycles. The van der Waals surface area contributed by atoms with Gasteiger partial charge in [0.25, 0.3) is 0 Å². The summed E-state index contributed by atoms with van der Waals surface area (Å²) in [5, 5.41) is 0. The number of hydrogen-bond acceptors (Lipinski definition) is 4. The molecule has 0 aromatic carbocycles. The Bertz CT molecular complexity index is 276. The van der Waals surface area contributed by atoms with Crippen LogP contribution in [0.15, 0.2) is 0 Å². The minimum Gasteiger partial charge on any atom is -0.418 e. The summed E-state index contributed by atoms with van der Waals surface area (Å²) >= 11 is 0. The van der Waals surface area contributed by atoms with Crippen LogP contribution in [0.5, 0.6) is 0 Å². The van der Waals surface area contributed by atoms with Crippen LogP contribution >= 0.6 is 0 Å². The monoisotopic (exact) mass is 348 g/mol. The third kappa shape index (κ3) is 10.1. The van der Waals surface area contributed by atoms with Crippen molar-refractivity contribution in [1.82, 2.24) is 0 Å². The molecule has 0 amide bonds. The zero-order valence-electron chi connectivity index (χ0n) is 15.8. The van der Waals surface area contributed by atoms with E-state index in [-0.39, 0.29) is 5.54 Å². The molecule has 134 valence electrons. The summed E-state index contributed by atoms with van der Waals surface area (Å²) in [6.45, 7) is 15.5. The van der Waals surface area contributed by atoms with Gasteiger partial charge in [-0.3, -0.25) is 0 Å². The van der Waals surface area contributed by atoms with Crippen molar-refractivity contribution in [3.63, 3.8) is 0 Å². The third-order valence-corrected chi connectivity index (χ3v) is 9.64.